The van der Waals surface area contributed by atoms with Gasteiger partial charge in [0.05, 0.1) is 12.5 Å². The monoisotopic (exact) mass is 356 g/mol. The van der Waals surface area contributed by atoms with Gasteiger partial charge in [0.2, 0.25) is 11.0 Å². The third-order valence-corrected chi connectivity index (χ3v) is 6.59. The molecule has 6 heteroatoms. The molecule has 1 saturated heterocycles. The number of nitrogens with zero attached hydrogens (tertiary/aromatic N) is 3. The molecule has 132 valence electrons. The van der Waals surface area contributed by atoms with Crippen molar-refractivity contribution in [1.82, 2.24) is 15.1 Å². The summed E-state index contributed by atoms with van der Waals surface area (Å²) in [4.78, 5) is 15.0. The van der Waals surface area contributed by atoms with E-state index in [1.165, 1.54) is 49.0 Å². The summed E-state index contributed by atoms with van der Waals surface area (Å²) >= 11 is 1.46. The van der Waals surface area contributed by atoms with Crippen LogP contribution in [0.1, 0.15) is 48.7 Å². The highest BCUT2D eigenvalue weighted by Crippen LogP contribution is 2.56. The maximum Gasteiger partial charge on any atom is 0.230 e. The van der Waals surface area contributed by atoms with Crippen molar-refractivity contribution >= 4 is 22.4 Å². The van der Waals surface area contributed by atoms with Crippen LogP contribution in [0.15, 0.2) is 30.3 Å². The summed E-state index contributed by atoms with van der Waals surface area (Å²) in [5, 5.41) is 12.7. The summed E-state index contributed by atoms with van der Waals surface area (Å²) in [6, 6.07) is 10.8. The Morgan fingerprint density at radius 2 is 2.00 bits per heavy atom. The Morgan fingerprint density at radius 1 is 1.24 bits per heavy atom. The van der Waals surface area contributed by atoms with Crippen LogP contribution < -0.4 is 5.32 Å². The summed E-state index contributed by atoms with van der Waals surface area (Å²) in [5.74, 6) is 0.170. The zero-order valence-corrected chi connectivity index (χ0v) is 15.4. The summed E-state index contributed by atoms with van der Waals surface area (Å²) in [6.07, 6.45) is 6.71. The van der Waals surface area contributed by atoms with Gasteiger partial charge in [0.25, 0.3) is 0 Å². The molecule has 1 aliphatic carbocycles. The SMILES string of the molecule is CNc1nnc(CC(=O)N2CC3(CCCCC3)C2c2ccccc2)s1. The molecule has 2 aliphatic rings. The fraction of sp³-hybridized carbons (Fsp3) is 0.526. The van der Waals surface area contributed by atoms with Crippen LogP contribution in [-0.2, 0) is 11.2 Å². The number of rotatable bonds is 4. The molecular formula is C19H24N4OS. The van der Waals surface area contributed by atoms with Crippen molar-refractivity contribution in [1.29, 1.82) is 0 Å². The van der Waals surface area contributed by atoms with E-state index in [9.17, 15) is 4.79 Å². The lowest BCUT2D eigenvalue weighted by Gasteiger charge is -2.59. The molecule has 2 aromatic rings. The molecule has 2 fully saturated rings. The van der Waals surface area contributed by atoms with E-state index in [1.807, 2.05) is 13.1 Å². The Bertz CT molecular complexity index is 739. The van der Waals surface area contributed by atoms with Crippen molar-refractivity contribution < 1.29 is 4.79 Å². The minimum atomic E-state index is 0.170. The predicted molar refractivity (Wildman–Crippen MR) is 99.6 cm³/mol. The summed E-state index contributed by atoms with van der Waals surface area (Å²) in [7, 11) is 1.82. The number of aromatic nitrogens is 2. The van der Waals surface area contributed by atoms with Gasteiger partial charge in [-0.15, -0.1) is 10.2 Å². The van der Waals surface area contributed by atoms with E-state index in [0.717, 1.165) is 16.7 Å². The van der Waals surface area contributed by atoms with Gasteiger partial charge in [0.15, 0.2) is 0 Å². The third-order valence-electron chi connectivity index (χ3n) is 5.65. The van der Waals surface area contributed by atoms with Crippen LogP contribution >= 0.6 is 11.3 Å². The molecule has 1 aromatic heterocycles. The molecule has 2 heterocycles. The van der Waals surface area contributed by atoms with E-state index < -0.39 is 0 Å². The smallest absolute Gasteiger partial charge is 0.230 e. The van der Waals surface area contributed by atoms with Crippen LogP contribution in [0, 0.1) is 5.41 Å². The molecule has 25 heavy (non-hydrogen) atoms. The van der Waals surface area contributed by atoms with Crippen LogP contribution in [0.2, 0.25) is 0 Å². The lowest BCUT2D eigenvalue weighted by molar-refractivity contribution is -0.160. The summed E-state index contributed by atoms with van der Waals surface area (Å²) in [5.41, 5.74) is 1.56. The highest BCUT2D eigenvalue weighted by Gasteiger charge is 2.54. The van der Waals surface area contributed by atoms with E-state index in [-0.39, 0.29) is 17.4 Å². The molecule has 4 rings (SSSR count). The molecule has 1 aliphatic heterocycles. The van der Waals surface area contributed by atoms with E-state index in [1.54, 1.807) is 0 Å². The van der Waals surface area contributed by atoms with Crippen LogP contribution in [0.5, 0.6) is 0 Å². The number of likely N-dealkylation sites (tertiary alicyclic amines) is 1. The van der Waals surface area contributed by atoms with Gasteiger partial charge >= 0.3 is 0 Å². The lowest BCUT2D eigenvalue weighted by Crippen LogP contribution is -2.61. The molecule has 1 atom stereocenters. The second kappa shape index (κ2) is 6.75. The van der Waals surface area contributed by atoms with Gasteiger partial charge in [-0.3, -0.25) is 4.79 Å². The Kier molecular flexibility index (Phi) is 4.46. The lowest BCUT2D eigenvalue weighted by atomic mass is 9.61. The minimum absolute atomic E-state index is 0.170. The van der Waals surface area contributed by atoms with Gasteiger partial charge in [0, 0.05) is 19.0 Å². The fourth-order valence-electron chi connectivity index (χ4n) is 4.48. The third kappa shape index (κ3) is 3.03. The number of carbonyl (C=O) groups excluding carboxylic acids is 1. The Balaban J connectivity index is 1.55. The van der Waals surface area contributed by atoms with Gasteiger partial charge in [-0.1, -0.05) is 60.9 Å². The number of nitrogens with one attached hydrogen (secondary N) is 1. The number of carbonyl (C=O) groups is 1. The maximum absolute atomic E-state index is 12.9. The first-order chi connectivity index (χ1) is 12.2. The maximum atomic E-state index is 12.9. The Hall–Kier alpha value is -1.95. The number of anilines is 1. The van der Waals surface area contributed by atoms with Crippen molar-refractivity contribution in [2.75, 3.05) is 18.9 Å². The van der Waals surface area contributed by atoms with Gasteiger partial charge in [-0.25, -0.2) is 0 Å². The van der Waals surface area contributed by atoms with Crippen molar-refractivity contribution in [3.63, 3.8) is 0 Å². The second-order valence-electron chi connectivity index (χ2n) is 7.19. The zero-order valence-electron chi connectivity index (χ0n) is 14.6. The number of hydrogen-bond acceptors (Lipinski definition) is 5. The molecule has 0 radical (unpaired) electrons. The van der Waals surface area contributed by atoms with Crippen LogP contribution in [0.3, 0.4) is 0 Å². The molecule has 1 amide bonds. The molecular weight excluding hydrogens is 332 g/mol. The molecule has 1 spiro atoms. The first kappa shape index (κ1) is 16.5. The predicted octanol–water partition coefficient (Wildman–Crippen LogP) is 3.66. The van der Waals surface area contributed by atoms with Crippen molar-refractivity contribution in [3.05, 3.63) is 40.9 Å². The van der Waals surface area contributed by atoms with Gasteiger partial charge in [0.1, 0.15) is 5.01 Å². The van der Waals surface area contributed by atoms with Gasteiger partial charge in [-0.2, -0.15) is 0 Å². The van der Waals surface area contributed by atoms with Gasteiger partial charge < -0.3 is 10.2 Å². The fourth-order valence-corrected chi connectivity index (χ4v) is 5.16. The minimum Gasteiger partial charge on any atom is -0.363 e. The molecule has 1 unspecified atom stereocenters. The Labute approximate surface area is 152 Å². The normalized spacial score (nSPS) is 21.8. The van der Waals surface area contributed by atoms with Crippen LogP contribution in [-0.4, -0.2) is 34.6 Å². The average Bonchev–Trinajstić information content (AvgIpc) is 3.09. The summed E-state index contributed by atoms with van der Waals surface area (Å²) < 4.78 is 0. The Morgan fingerprint density at radius 3 is 2.68 bits per heavy atom. The number of hydrogen-bond donors (Lipinski definition) is 1. The highest BCUT2D eigenvalue weighted by molar-refractivity contribution is 7.15. The van der Waals surface area contributed by atoms with Crippen molar-refractivity contribution in [2.24, 2.45) is 5.41 Å². The topological polar surface area (TPSA) is 58.1 Å². The van der Waals surface area contributed by atoms with E-state index in [0.29, 0.717) is 6.42 Å². The highest BCUT2D eigenvalue weighted by atomic mass is 32.1. The largest absolute Gasteiger partial charge is 0.363 e. The van der Waals surface area contributed by atoms with E-state index in [4.69, 9.17) is 0 Å². The molecule has 0 bridgehead atoms. The van der Waals surface area contributed by atoms with Gasteiger partial charge in [-0.05, 0) is 18.4 Å². The number of benzene rings is 1. The quantitative estimate of drug-likeness (QED) is 0.908. The molecule has 5 nitrogen and oxygen atoms in total. The zero-order chi connectivity index (χ0) is 17.3. The standard InChI is InChI=1S/C19H24N4OS/c1-20-18-22-21-15(25-18)12-16(24)23-13-19(10-6-3-7-11-19)17(23)14-8-4-2-5-9-14/h2,4-5,8-9,17H,3,6-7,10-13H2,1H3,(H,20,22). The first-order valence-electron chi connectivity index (χ1n) is 9.06. The van der Waals surface area contributed by atoms with Crippen LogP contribution in [0.4, 0.5) is 5.13 Å². The molecule has 1 N–H and O–H groups in total. The molecule has 1 aromatic carbocycles. The van der Waals surface area contributed by atoms with Crippen molar-refractivity contribution in [2.45, 2.75) is 44.6 Å². The second-order valence-corrected chi connectivity index (χ2v) is 8.25. The average molecular weight is 356 g/mol. The molecule has 1 saturated carbocycles. The van der Waals surface area contributed by atoms with Crippen LogP contribution in [0.25, 0.3) is 0 Å². The van der Waals surface area contributed by atoms with E-state index >= 15 is 0 Å². The first-order valence-corrected chi connectivity index (χ1v) is 9.88. The van der Waals surface area contributed by atoms with E-state index in [2.05, 4.69) is 44.7 Å². The summed E-state index contributed by atoms with van der Waals surface area (Å²) in [6.45, 7) is 0.892. The number of amides is 1. The van der Waals surface area contributed by atoms with Crippen molar-refractivity contribution in [3.8, 4) is 0 Å².